The lowest BCUT2D eigenvalue weighted by atomic mass is 9.86. The van der Waals surface area contributed by atoms with Crippen LogP contribution in [-0.2, 0) is 0 Å². The number of hydrogen-bond donors (Lipinski definition) is 4. The summed E-state index contributed by atoms with van der Waals surface area (Å²) < 4.78 is 13.4. The first-order chi connectivity index (χ1) is 6.69. The molecule has 0 spiro atoms. The monoisotopic (exact) mass is 224 g/mol. The minimum Gasteiger partial charge on any atom is -0.394 e. The van der Waals surface area contributed by atoms with E-state index in [4.69, 9.17) is 10.2 Å². The molecule has 4 N–H and O–H groups in total. The fourth-order valence-electron chi connectivity index (χ4n) is 1.26. The second kappa shape index (κ2) is 5.75. The molecule has 0 aromatic rings. The van der Waals surface area contributed by atoms with E-state index in [0.29, 0.717) is 0 Å². The maximum atomic E-state index is 13.4. The third kappa shape index (κ3) is 5.41. The lowest BCUT2D eigenvalue weighted by molar-refractivity contribution is -0.104. The molecule has 0 aliphatic heterocycles. The molecule has 0 aromatic carbocycles. The Bertz CT molecular complexity index is 181. The van der Waals surface area contributed by atoms with Crippen LogP contribution >= 0.6 is 0 Å². The van der Waals surface area contributed by atoms with E-state index in [-0.39, 0.29) is 11.8 Å². The van der Waals surface area contributed by atoms with Gasteiger partial charge in [0, 0.05) is 0 Å². The Kier molecular flexibility index (Phi) is 5.66. The predicted octanol–water partition coefficient (Wildman–Crippen LogP) is -0.164. The van der Waals surface area contributed by atoms with Crippen LogP contribution in [0.3, 0.4) is 0 Å². The lowest BCUT2D eigenvalue weighted by Crippen LogP contribution is -2.45. The van der Waals surface area contributed by atoms with Crippen LogP contribution in [0.4, 0.5) is 4.39 Å². The summed E-state index contributed by atoms with van der Waals surface area (Å²) in [6.07, 6.45) is -6.40. The van der Waals surface area contributed by atoms with Crippen LogP contribution in [0.1, 0.15) is 27.2 Å². The SMILES string of the molecule is CC(C)(C)C[C@H](F)[C@@H](O)[C@@H](O)[C@H](O)CO. The van der Waals surface area contributed by atoms with Crippen LogP contribution in [-0.4, -0.2) is 51.5 Å². The van der Waals surface area contributed by atoms with Crippen molar-refractivity contribution in [3.05, 3.63) is 0 Å². The van der Waals surface area contributed by atoms with Gasteiger partial charge in [-0.05, 0) is 11.8 Å². The van der Waals surface area contributed by atoms with Gasteiger partial charge in [0.1, 0.15) is 24.5 Å². The molecule has 0 aliphatic rings. The zero-order chi connectivity index (χ0) is 12.2. The van der Waals surface area contributed by atoms with Gasteiger partial charge in [-0.1, -0.05) is 20.8 Å². The van der Waals surface area contributed by atoms with Crippen molar-refractivity contribution in [3.63, 3.8) is 0 Å². The van der Waals surface area contributed by atoms with E-state index in [0.717, 1.165) is 0 Å². The van der Waals surface area contributed by atoms with E-state index in [1.807, 2.05) is 0 Å². The van der Waals surface area contributed by atoms with Gasteiger partial charge in [0.05, 0.1) is 6.61 Å². The largest absolute Gasteiger partial charge is 0.394 e. The van der Waals surface area contributed by atoms with Crippen molar-refractivity contribution in [2.75, 3.05) is 6.61 Å². The Morgan fingerprint density at radius 3 is 1.87 bits per heavy atom. The summed E-state index contributed by atoms with van der Waals surface area (Å²) in [5.41, 5.74) is -0.315. The minimum absolute atomic E-state index is 0.0728. The molecule has 0 aromatic heterocycles. The number of rotatable bonds is 5. The van der Waals surface area contributed by atoms with Crippen LogP contribution in [0.5, 0.6) is 0 Å². The summed E-state index contributed by atoms with van der Waals surface area (Å²) in [5, 5.41) is 36.2. The van der Waals surface area contributed by atoms with Crippen LogP contribution in [0.2, 0.25) is 0 Å². The maximum absolute atomic E-state index is 13.4. The molecule has 92 valence electrons. The van der Waals surface area contributed by atoms with Gasteiger partial charge in [0.2, 0.25) is 0 Å². The Hall–Kier alpha value is -0.230. The van der Waals surface area contributed by atoms with Crippen molar-refractivity contribution in [1.29, 1.82) is 0 Å². The first-order valence-electron chi connectivity index (χ1n) is 4.98. The summed E-state index contributed by atoms with van der Waals surface area (Å²) >= 11 is 0. The molecular formula is C10H21FO4. The van der Waals surface area contributed by atoms with Crippen LogP contribution in [0.25, 0.3) is 0 Å². The summed E-state index contributed by atoms with van der Waals surface area (Å²) in [6.45, 7) is 4.71. The van der Waals surface area contributed by atoms with Gasteiger partial charge in [-0.25, -0.2) is 4.39 Å². The van der Waals surface area contributed by atoms with Crippen molar-refractivity contribution in [2.45, 2.75) is 51.7 Å². The van der Waals surface area contributed by atoms with Gasteiger partial charge in [0.15, 0.2) is 0 Å². The number of halogens is 1. The molecule has 0 aliphatic carbocycles. The van der Waals surface area contributed by atoms with Gasteiger partial charge in [-0.2, -0.15) is 0 Å². The molecule has 0 rings (SSSR count). The lowest BCUT2D eigenvalue weighted by Gasteiger charge is -2.28. The van der Waals surface area contributed by atoms with Crippen LogP contribution < -0.4 is 0 Å². The molecule has 0 fully saturated rings. The summed E-state index contributed by atoms with van der Waals surface area (Å²) in [7, 11) is 0. The predicted molar refractivity (Wildman–Crippen MR) is 54.1 cm³/mol. The Morgan fingerprint density at radius 2 is 1.53 bits per heavy atom. The summed E-state index contributed by atoms with van der Waals surface area (Å²) in [6, 6.07) is 0. The normalized spacial score (nSPS) is 20.8. The zero-order valence-corrected chi connectivity index (χ0v) is 9.39. The standard InChI is InChI=1S/C10H21FO4/c1-10(2,3)4-6(11)8(14)9(15)7(13)5-12/h6-9,12-15H,4-5H2,1-3H3/t6-,7+,8+,9-/m0/s1. The minimum atomic E-state index is -1.67. The molecule has 0 bridgehead atoms. The van der Waals surface area contributed by atoms with Gasteiger partial charge in [-0.3, -0.25) is 0 Å². The maximum Gasteiger partial charge on any atom is 0.129 e. The van der Waals surface area contributed by atoms with Gasteiger partial charge < -0.3 is 20.4 Å². The molecule has 0 heterocycles. The smallest absolute Gasteiger partial charge is 0.129 e. The fourth-order valence-corrected chi connectivity index (χ4v) is 1.26. The first-order valence-corrected chi connectivity index (χ1v) is 4.98. The van der Waals surface area contributed by atoms with Gasteiger partial charge >= 0.3 is 0 Å². The van der Waals surface area contributed by atoms with Crippen molar-refractivity contribution >= 4 is 0 Å². The molecule has 0 saturated heterocycles. The number of aliphatic hydroxyl groups is 4. The van der Waals surface area contributed by atoms with Gasteiger partial charge in [-0.15, -0.1) is 0 Å². The van der Waals surface area contributed by atoms with Crippen LogP contribution in [0, 0.1) is 5.41 Å². The Morgan fingerprint density at radius 1 is 1.07 bits per heavy atom. The highest BCUT2D eigenvalue weighted by molar-refractivity contribution is 4.83. The number of aliphatic hydroxyl groups excluding tert-OH is 4. The van der Waals surface area contributed by atoms with Crippen molar-refractivity contribution < 1.29 is 24.8 Å². The topological polar surface area (TPSA) is 80.9 Å². The Balaban J connectivity index is 4.25. The molecule has 0 unspecified atom stereocenters. The fraction of sp³-hybridized carbons (Fsp3) is 1.00. The number of hydrogen-bond acceptors (Lipinski definition) is 4. The van der Waals surface area contributed by atoms with E-state index in [1.165, 1.54) is 0 Å². The summed E-state index contributed by atoms with van der Waals surface area (Å²) in [5.74, 6) is 0. The molecule has 4 nitrogen and oxygen atoms in total. The highest BCUT2D eigenvalue weighted by Gasteiger charge is 2.33. The Labute approximate surface area is 89.4 Å². The number of alkyl halides is 1. The molecule has 0 saturated carbocycles. The second-order valence-corrected chi connectivity index (χ2v) is 5.01. The molecule has 15 heavy (non-hydrogen) atoms. The third-order valence-electron chi connectivity index (χ3n) is 2.11. The molecule has 4 atom stereocenters. The molecule has 0 amide bonds. The van der Waals surface area contributed by atoms with E-state index < -0.39 is 31.1 Å². The highest BCUT2D eigenvalue weighted by Crippen LogP contribution is 2.25. The molecule has 5 heteroatoms. The summed E-state index contributed by atoms with van der Waals surface area (Å²) in [4.78, 5) is 0. The zero-order valence-electron chi connectivity index (χ0n) is 9.39. The molecule has 0 radical (unpaired) electrons. The average molecular weight is 224 g/mol. The average Bonchev–Trinajstić information content (AvgIpc) is 2.11. The van der Waals surface area contributed by atoms with Crippen molar-refractivity contribution in [3.8, 4) is 0 Å². The van der Waals surface area contributed by atoms with E-state index in [2.05, 4.69) is 0 Å². The van der Waals surface area contributed by atoms with Crippen molar-refractivity contribution in [2.24, 2.45) is 5.41 Å². The third-order valence-corrected chi connectivity index (χ3v) is 2.11. The van der Waals surface area contributed by atoms with E-state index in [1.54, 1.807) is 20.8 Å². The first kappa shape index (κ1) is 14.8. The van der Waals surface area contributed by atoms with Crippen molar-refractivity contribution in [1.82, 2.24) is 0 Å². The quantitative estimate of drug-likeness (QED) is 0.523. The second-order valence-electron chi connectivity index (χ2n) is 5.01. The van der Waals surface area contributed by atoms with Gasteiger partial charge in [0.25, 0.3) is 0 Å². The van der Waals surface area contributed by atoms with E-state index in [9.17, 15) is 14.6 Å². The van der Waals surface area contributed by atoms with E-state index >= 15 is 0 Å². The molecular weight excluding hydrogens is 203 g/mol. The highest BCUT2D eigenvalue weighted by atomic mass is 19.1. The van der Waals surface area contributed by atoms with Crippen LogP contribution in [0.15, 0.2) is 0 Å².